The molecule has 0 amide bonds. The molecule has 9 nitrogen and oxygen atoms in total. The van der Waals surface area contributed by atoms with E-state index in [4.69, 9.17) is 14.3 Å². The van der Waals surface area contributed by atoms with Crippen molar-refractivity contribution in [2.75, 3.05) is 14.2 Å². The second-order valence-electron chi connectivity index (χ2n) is 8.06. The Morgan fingerprint density at radius 3 is 2.70 bits per heavy atom. The number of oxime groups is 1. The Hall–Kier alpha value is -3.88. The first kappa shape index (κ1) is 21.0. The van der Waals surface area contributed by atoms with Gasteiger partial charge in [0.2, 0.25) is 5.88 Å². The Morgan fingerprint density at radius 2 is 1.94 bits per heavy atom. The molecule has 0 spiro atoms. The lowest BCUT2D eigenvalue weighted by atomic mass is 9.84. The molecule has 170 valence electrons. The fourth-order valence-corrected chi connectivity index (χ4v) is 4.53. The Balaban J connectivity index is 1.60. The lowest BCUT2D eigenvalue weighted by Crippen LogP contribution is -2.28. The maximum atomic E-state index is 5.87. The minimum atomic E-state index is 0.154. The molecule has 0 aliphatic heterocycles. The van der Waals surface area contributed by atoms with Crippen LogP contribution in [0.2, 0.25) is 0 Å². The van der Waals surface area contributed by atoms with Crippen molar-refractivity contribution in [3.63, 3.8) is 0 Å². The van der Waals surface area contributed by atoms with Crippen LogP contribution in [0.3, 0.4) is 0 Å². The summed E-state index contributed by atoms with van der Waals surface area (Å²) < 4.78 is 14.8. The molecule has 1 atom stereocenters. The fourth-order valence-electron chi connectivity index (χ4n) is 4.53. The quantitative estimate of drug-likeness (QED) is 0.421. The predicted molar refractivity (Wildman–Crippen MR) is 124 cm³/mol. The van der Waals surface area contributed by atoms with Gasteiger partial charge in [0.1, 0.15) is 5.82 Å². The summed E-state index contributed by atoms with van der Waals surface area (Å²) in [6, 6.07) is 10.2. The topological polar surface area (TPSA) is 88.6 Å². The van der Waals surface area contributed by atoms with E-state index >= 15 is 0 Å². The maximum absolute atomic E-state index is 5.87. The van der Waals surface area contributed by atoms with Gasteiger partial charge < -0.3 is 23.4 Å². The number of ether oxygens (including phenoxy) is 2. The number of hydrogen-bond acceptors (Lipinski definition) is 7. The van der Waals surface area contributed by atoms with E-state index in [1.54, 1.807) is 6.07 Å². The Labute approximate surface area is 191 Å². The number of rotatable bonds is 6. The van der Waals surface area contributed by atoms with E-state index in [1.165, 1.54) is 30.8 Å². The van der Waals surface area contributed by atoms with E-state index in [1.807, 2.05) is 19.3 Å². The van der Waals surface area contributed by atoms with E-state index in [9.17, 15) is 0 Å². The van der Waals surface area contributed by atoms with Gasteiger partial charge in [0.25, 0.3) is 5.88 Å². The lowest BCUT2D eigenvalue weighted by Gasteiger charge is -2.26. The standard InChI is InChI=1S/C24H26N6O3/c1-15-25-11-12-30(15)14-16-9-10-19-22(17-7-5-6-8-18(17)29(19)2)23(16)28-33-21-13-20(31-3)26-24(27-21)32-4/h5-8,11-13,16H,9-10,14H2,1-4H3/b28-23+. The van der Waals surface area contributed by atoms with Crippen molar-refractivity contribution >= 4 is 16.6 Å². The molecule has 0 saturated heterocycles. The monoisotopic (exact) mass is 446 g/mol. The van der Waals surface area contributed by atoms with Gasteiger partial charge >= 0.3 is 6.01 Å². The minimum absolute atomic E-state index is 0.154. The van der Waals surface area contributed by atoms with Crippen molar-refractivity contribution in [1.82, 2.24) is 24.1 Å². The highest BCUT2D eigenvalue weighted by Crippen LogP contribution is 2.35. The zero-order valence-electron chi connectivity index (χ0n) is 19.1. The Bertz CT molecular complexity index is 1320. The molecule has 5 rings (SSSR count). The van der Waals surface area contributed by atoms with Crippen LogP contribution in [0.1, 0.15) is 23.5 Å². The molecule has 3 aromatic heterocycles. The molecule has 4 aromatic rings. The largest absolute Gasteiger partial charge is 0.481 e. The molecular weight excluding hydrogens is 420 g/mol. The van der Waals surface area contributed by atoms with E-state index in [2.05, 4.69) is 60.6 Å². The number of fused-ring (bicyclic) bond motifs is 3. The van der Waals surface area contributed by atoms with Gasteiger partial charge in [-0.25, -0.2) is 4.98 Å². The molecule has 1 unspecified atom stereocenters. The van der Waals surface area contributed by atoms with Crippen molar-refractivity contribution in [3.8, 4) is 17.8 Å². The first-order valence-corrected chi connectivity index (χ1v) is 10.9. The van der Waals surface area contributed by atoms with Gasteiger partial charge in [-0.1, -0.05) is 23.4 Å². The van der Waals surface area contributed by atoms with Gasteiger partial charge in [-0.3, -0.25) is 0 Å². The number of hydrogen-bond donors (Lipinski definition) is 0. The van der Waals surface area contributed by atoms with Gasteiger partial charge in [-0.05, 0) is 25.8 Å². The van der Waals surface area contributed by atoms with Crippen molar-refractivity contribution in [1.29, 1.82) is 0 Å². The maximum Gasteiger partial charge on any atom is 0.322 e. The van der Waals surface area contributed by atoms with E-state index in [0.29, 0.717) is 5.88 Å². The van der Waals surface area contributed by atoms with E-state index < -0.39 is 0 Å². The van der Waals surface area contributed by atoms with Crippen LogP contribution in [0.5, 0.6) is 17.8 Å². The van der Waals surface area contributed by atoms with Crippen LogP contribution in [0.15, 0.2) is 47.9 Å². The average Bonchev–Trinajstić information content (AvgIpc) is 3.38. The van der Waals surface area contributed by atoms with Crippen molar-refractivity contribution in [2.24, 2.45) is 18.1 Å². The highest BCUT2D eigenvalue weighted by molar-refractivity contribution is 6.13. The first-order chi connectivity index (χ1) is 16.1. The van der Waals surface area contributed by atoms with Gasteiger partial charge in [-0.15, -0.1) is 0 Å². The minimum Gasteiger partial charge on any atom is -0.481 e. The number of imidazole rings is 1. The number of methoxy groups -OCH3 is 2. The number of benzene rings is 1. The van der Waals surface area contributed by atoms with Gasteiger partial charge in [-0.2, -0.15) is 9.97 Å². The van der Waals surface area contributed by atoms with Crippen molar-refractivity contribution in [2.45, 2.75) is 26.3 Å². The van der Waals surface area contributed by atoms with Crippen LogP contribution >= 0.6 is 0 Å². The van der Waals surface area contributed by atoms with Crippen LogP contribution in [0, 0.1) is 12.8 Å². The normalized spacial score (nSPS) is 16.7. The predicted octanol–water partition coefficient (Wildman–Crippen LogP) is 3.54. The smallest absolute Gasteiger partial charge is 0.322 e. The molecule has 1 aromatic carbocycles. The number of nitrogens with zero attached hydrogens (tertiary/aromatic N) is 6. The lowest BCUT2D eigenvalue weighted by molar-refractivity contribution is 0.297. The van der Waals surface area contributed by atoms with Gasteiger partial charge in [0.15, 0.2) is 0 Å². The summed E-state index contributed by atoms with van der Waals surface area (Å²) in [5.74, 6) is 1.74. The van der Waals surface area contributed by atoms with Crippen LogP contribution < -0.4 is 14.3 Å². The second-order valence-corrected chi connectivity index (χ2v) is 8.06. The van der Waals surface area contributed by atoms with Crippen LogP contribution in [-0.2, 0) is 20.0 Å². The molecule has 1 aliphatic carbocycles. The molecule has 9 heteroatoms. The summed E-state index contributed by atoms with van der Waals surface area (Å²) >= 11 is 0. The average molecular weight is 447 g/mol. The fraction of sp³-hybridized carbons (Fsp3) is 0.333. The second kappa shape index (κ2) is 8.57. The Kier molecular flexibility index (Phi) is 5.45. The molecule has 0 N–H and O–H groups in total. The van der Waals surface area contributed by atoms with Gasteiger partial charge in [0.05, 0.1) is 26.0 Å². The molecule has 3 heterocycles. The summed E-state index contributed by atoms with van der Waals surface area (Å²) in [5, 5.41) is 5.84. The molecule has 0 bridgehead atoms. The summed E-state index contributed by atoms with van der Waals surface area (Å²) in [4.78, 5) is 18.6. The third kappa shape index (κ3) is 3.79. The number of aryl methyl sites for hydroxylation is 2. The molecule has 33 heavy (non-hydrogen) atoms. The van der Waals surface area contributed by atoms with Crippen LogP contribution in [0.25, 0.3) is 10.9 Å². The van der Waals surface area contributed by atoms with Crippen LogP contribution in [-0.4, -0.2) is 44.0 Å². The zero-order chi connectivity index (χ0) is 22.9. The van der Waals surface area contributed by atoms with Crippen molar-refractivity contribution in [3.05, 3.63) is 59.8 Å². The first-order valence-electron chi connectivity index (χ1n) is 10.9. The highest BCUT2D eigenvalue weighted by Gasteiger charge is 2.31. The molecule has 1 aliphatic rings. The molecular formula is C24H26N6O3. The summed E-state index contributed by atoms with van der Waals surface area (Å²) in [7, 11) is 5.14. The molecule has 0 saturated carbocycles. The van der Waals surface area contributed by atoms with E-state index in [0.717, 1.165) is 36.5 Å². The molecule has 0 fully saturated rings. The third-order valence-corrected chi connectivity index (χ3v) is 6.23. The van der Waals surface area contributed by atoms with E-state index in [-0.39, 0.29) is 17.8 Å². The highest BCUT2D eigenvalue weighted by atomic mass is 16.6. The van der Waals surface area contributed by atoms with Crippen LogP contribution in [0.4, 0.5) is 0 Å². The molecule has 0 radical (unpaired) electrons. The third-order valence-electron chi connectivity index (χ3n) is 6.23. The number of para-hydroxylation sites is 1. The van der Waals surface area contributed by atoms with Gasteiger partial charge in [0, 0.05) is 54.1 Å². The van der Waals surface area contributed by atoms with Crippen molar-refractivity contribution < 1.29 is 14.3 Å². The summed E-state index contributed by atoms with van der Waals surface area (Å²) in [6.07, 6.45) is 5.75. The SMILES string of the molecule is COc1cc(O/N=C2/c3c(n(C)c4ccccc34)CCC2Cn2ccnc2C)nc(OC)n1. The summed E-state index contributed by atoms with van der Waals surface area (Å²) in [5.41, 5.74) is 4.47. The zero-order valence-corrected chi connectivity index (χ0v) is 19.1. The Morgan fingerprint density at radius 1 is 1.12 bits per heavy atom. The number of aromatic nitrogens is 5. The summed E-state index contributed by atoms with van der Waals surface area (Å²) in [6.45, 7) is 2.78.